The third-order valence-corrected chi connectivity index (χ3v) is 6.94. The highest BCUT2D eigenvalue weighted by atomic mass is 35.5. The standard InChI is InChI=1S/C20H34ClNO14/c1-5-11(26)13(28)15(30)19(32-5)36-17-10(22-6(2)25)18(31)33-8(4-24)16(17)35-20-14(29)12(27)9(21)7(3-23)34-20/h5,7-20,23-24,26-31H,3-4H2,1-2H3,(H,22,25)/t5-,7+,8+,9-,10+,11+,12-,13+,14+,15-,16+,17+,18+,19-,20-/m0/s1. The molecule has 210 valence electrons. The smallest absolute Gasteiger partial charge is 0.217 e. The van der Waals surface area contributed by atoms with E-state index in [0.29, 0.717) is 0 Å². The largest absolute Gasteiger partial charge is 0.394 e. The van der Waals surface area contributed by atoms with Crippen molar-refractivity contribution in [2.75, 3.05) is 13.2 Å². The quantitative estimate of drug-likeness (QED) is 0.135. The Labute approximate surface area is 211 Å². The molecule has 0 spiro atoms. The molecule has 3 aliphatic rings. The number of aliphatic hydroxyl groups excluding tert-OH is 8. The number of alkyl halides is 1. The topological polar surface area (TPSA) is 237 Å². The molecule has 0 saturated carbocycles. The molecular weight excluding hydrogens is 514 g/mol. The molecule has 36 heavy (non-hydrogen) atoms. The molecular formula is C20H34ClNO14. The fourth-order valence-corrected chi connectivity index (χ4v) is 4.66. The highest BCUT2D eigenvalue weighted by Crippen LogP contribution is 2.33. The monoisotopic (exact) mass is 547 g/mol. The number of ether oxygens (including phenoxy) is 5. The number of carbonyl (C=O) groups excluding carboxylic acids is 1. The van der Waals surface area contributed by atoms with Crippen molar-refractivity contribution in [1.82, 2.24) is 5.32 Å². The molecule has 3 aliphatic heterocycles. The van der Waals surface area contributed by atoms with E-state index in [2.05, 4.69) is 5.32 Å². The molecule has 15 nitrogen and oxygen atoms in total. The molecule has 0 bridgehead atoms. The SMILES string of the molecule is CC(=O)N[C@@H]1[C@@H](O[C@@H]2O[C@@H](C)[C@@H](O)[C@@H](O)[C@@H]2O)[C@H](O[C@@H]2O[C@H](CO)[C@H](Cl)[C@H](O)[C@H]2O)[C@@H](CO)O[C@H]1O. The first-order valence-corrected chi connectivity index (χ1v) is 11.8. The van der Waals surface area contributed by atoms with Gasteiger partial charge in [0, 0.05) is 6.92 Å². The van der Waals surface area contributed by atoms with E-state index in [4.69, 9.17) is 35.3 Å². The van der Waals surface area contributed by atoms with Crippen molar-refractivity contribution in [3.63, 3.8) is 0 Å². The summed E-state index contributed by atoms with van der Waals surface area (Å²) in [5.41, 5.74) is 0. The van der Waals surface area contributed by atoms with Gasteiger partial charge in [0.2, 0.25) is 5.91 Å². The molecule has 0 aromatic rings. The van der Waals surface area contributed by atoms with Crippen molar-refractivity contribution in [3.05, 3.63) is 0 Å². The van der Waals surface area contributed by atoms with Gasteiger partial charge in [-0.3, -0.25) is 4.79 Å². The van der Waals surface area contributed by atoms with E-state index in [1.807, 2.05) is 0 Å². The predicted molar refractivity (Wildman–Crippen MR) is 115 cm³/mol. The third kappa shape index (κ3) is 6.10. The van der Waals surface area contributed by atoms with E-state index in [0.717, 1.165) is 6.92 Å². The summed E-state index contributed by atoms with van der Waals surface area (Å²) in [4.78, 5) is 11.9. The summed E-state index contributed by atoms with van der Waals surface area (Å²) in [5, 5.41) is 82.4. The van der Waals surface area contributed by atoms with Crippen LogP contribution in [0.3, 0.4) is 0 Å². The summed E-state index contributed by atoms with van der Waals surface area (Å²) in [6, 6.07) is -1.38. The summed E-state index contributed by atoms with van der Waals surface area (Å²) >= 11 is 6.00. The third-order valence-electron chi connectivity index (χ3n) is 6.41. The molecule has 0 aliphatic carbocycles. The van der Waals surface area contributed by atoms with E-state index < -0.39 is 110 Å². The molecule has 0 aromatic heterocycles. The van der Waals surface area contributed by atoms with Crippen molar-refractivity contribution in [1.29, 1.82) is 0 Å². The molecule has 9 N–H and O–H groups in total. The molecule has 3 saturated heterocycles. The van der Waals surface area contributed by atoms with Gasteiger partial charge < -0.3 is 69.9 Å². The zero-order valence-electron chi connectivity index (χ0n) is 19.5. The molecule has 1 amide bonds. The Bertz CT molecular complexity index is 735. The van der Waals surface area contributed by atoms with Gasteiger partial charge >= 0.3 is 0 Å². The highest BCUT2D eigenvalue weighted by molar-refractivity contribution is 6.21. The minimum Gasteiger partial charge on any atom is -0.394 e. The maximum Gasteiger partial charge on any atom is 0.217 e. The van der Waals surface area contributed by atoms with Gasteiger partial charge in [0.25, 0.3) is 0 Å². The molecule has 3 fully saturated rings. The van der Waals surface area contributed by atoms with Crippen molar-refractivity contribution in [3.8, 4) is 0 Å². The summed E-state index contributed by atoms with van der Waals surface area (Å²) in [6.45, 7) is 1.17. The number of nitrogens with one attached hydrogen (secondary N) is 1. The van der Waals surface area contributed by atoms with Gasteiger partial charge in [-0.15, -0.1) is 11.6 Å². The number of rotatable bonds is 7. The predicted octanol–water partition coefficient (Wildman–Crippen LogP) is -5.16. The Hall–Kier alpha value is -0.760. The highest BCUT2D eigenvalue weighted by Gasteiger charge is 2.54. The summed E-state index contributed by atoms with van der Waals surface area (Å²) in [5.74, 6) is -0.624. The number of amides is 1. The van der Waals surface area contributed by atoms with Crippen LogP contribution in [0.2, 0.25) is 0 Å². The van der Waals surface area contributed by atoms with Gasteiger partial charge in [-0.2, -0.15) is 0 Å². The molecule has 15 atom stereocenters. The lowest BCUT2D eigenvalue weighted by Crippen LogP contribution is -2.69. The molecule has 0 aromatic carbocycles. The van der Waals surface area contributed by atoms with Crippen LogP contribution in [0, 0.1) is 0 Å². The van der Waals surface area contributed by atoms with E-state index in [-0.39, 0.29) is 0 Å². The Morgan fingerprint density at radius 3 is 1.94 bits per heavy atom. The fourth-order valence-electron chi connectivity index (χ4n) is 4.37. The van der Waals surface area contributed by atoms with Crippen molar-refractivity contribution in [2.45, 2.75) is 105 Å². The average Bonchev–Trinajstić information content (AvgIpc) is 2.84. The van der Waals surface area contributed by atoms with Crippen LogP contribution < -0.4 is 5.32 Å². The lowest BCUT2D eigenvalue weighted by molar-refractivity contribution is -0.364. The van der Waals surface area contributed by atoms with E-state index >= 15 is 0 Å². The van der Waals surface area contributed by atoms with Gasteiger partial charge in [0.05, 0.1) is 24.7 Å². The van der Waals surface area contributed by atoms with E-state index in [1.54, 1.807) is 0 Å². The average molecular weight is 548 g/mol. The molecule has 0 radical (unpaired) electrons. The Kier molecular flexibility index (Phi) is 10.3. The van der Waals surface area contributed by atoms with Crippen LogP contribution in [0.15, 0.2) is 0 Å². The van der Waals surface area contributed by atoms with E-state index in [9.17, 15) is 45.6 Å². The number of carbonyl (C=O) groups is 1. The number of aliphatic hydroxyl groups is 8. The van der Waals surface area contributed by atoms with Crippen LogP contribution in [0.1, 0.15) is 13.8 Å². The summed E-state index contributed by atoms with van der Waals surface area (Å²) < 4.78 is 27.9. The van der Waals surface area contributed by atoms with Gasteiger partial charge in [-0.05, 0) is 6.92 Å². The minimum absolute atomic E-state index is 0.624. The zero-order valence-corrected chi connectivity index (χ0v) is 20.2. The Morgan fingerprint density at radius 2 is 1.36 bits per heavy atom. The first kappa shape index (κ1) is 29.8. The zero-order chi connectivity index (χ0) is 26.9. The van der Waals surface area contributed by atoms with Crippen LogP contribution in [-0.4, -0.2) is 151 Å². The molecule has 3 rings (SSSR count). The van der Waals surface area contributed by atoms with Crippen LogP contribution in [0.25, 0.3) is 0 Å². The minimum atomic E-state index is -1.77. The molecule has 0 unspecified atom stereocenters. The number of hydrogen-bond acceptors (Lipinski definition) is 14. The van der Waals surface area contributed by atoms with Crippen molar-refractivity contribution in [2.24, 2.45) is 0 Å². The second-order valence-electron chi connectivity index (χ2n) is 9.01. The molecule has 16 heteroatoms. The van der Waals surface area contributed by atoms with Gasteiger partial charge in [0.15, 0.2) is 18.9 Å². The normalized spacial score (nSPS) is 50.0. The van der Waals surface area contributed by atoms with Crippen LogP contribution in [0.5, 0.6) is 0 Å². The fraction of sp³-hybridized carbons (Fsp3) is 0.950. The van der Waals surface area contributed by atoms with Crippen molar-refractivity contribution < 1.29 is 69.3 Å². The maximum absolute atomic E-state index is 11.9. The van der Waals surface area contributed by atoms with Crippen molar-refractivity contribution >= 4 is 17.5 Å². The van der Waals surface area contributed by atoms with Crippen LogP contribution in [-0.2, 0) is 28.5 Å². The second kappa shape index (κ2) is 12.4. The Balaban J connectivity index is 1.92. The lowest BCUT2D eigenvalue weighted by Gasteiger charge is -2.49. The van der Waals surface area contributed by atoms with Gasteiger partial charge in [-0.1, -0.05) is 0 Å². The lowest BCUT2D eigenvalue weighted by atomic mass is 9.94. The number of halogens is 1. The Morgan fingerprint density at radius 1 is 0.806 bits per heavy atom. The van der Waals surface area contributed by atoms with Crippen LogP contribution in [0.4, 0.5) is 0 Å². The number of hydrogen-bond donors (Lipinski definition) is 9. The summed E-state index contributed by atoms with van der Waals surface area (Å²) in [6.07, 6.45) is -19.6. The second-order valence-corrected chi connectivity index (χ2v) is 9.51. The van der Waals surface area contributed by atoms with E-state index in [1.165, 1.54) is 6.92 Å². The first-order chi connectivity index (χ1) is 16.9. The van der Waals surface area contributed by atoms with Gasteiger partial charge in [0.1, 0.15) is 61.0 Å². The maximum atomic E-state index is 11.9. The van der Waals surface area contributed by atoms with Gasteiger partial charge in [-0.25, -0.2) is 0 Å². The first-order valence-electron chi connectivity index (χ1n) is 11.4. The molecule has 3 heterocycles. The van der Waals surface area contributed by atoms with Crippen LogP contribution >= 0.6 is 11.6 Å². The summed E-state index contributed by atoms with van der Waals surface area (Å²) in [7, 11) is 0.